The summed E-state index contributed by atoms with van der Waals surface area (Å²) in [5, 5.41) is 5.96. The molecule has 3 nitrogen and oxygen atoms in total. The van der Waals surface area contributed by atoms with Crippen LogP contribution in [0.4, 0.5) is 0 Å². The fraction of sp³-hybridized carbons (Fsp3) is 0.111. The third-order valence-corrected chi connectivity index (χ3v) is 3.68. The first-order valence-corrected chi connectivity index (χ1v) is 5.68. The Morgan fingerprint density at radius 1 is 1.50 bits per heavy atom. The normalized spacial score (nSPS) is 10.4. The number of rotatable bonds is 2. The van der Waals surface area contributed by atoms with Crippen molar-refractivity contribution in [3.63, 3.8) is 0 Å². The first-order valence-electron chi connectivity index (χ1n) is 4.01. The molecule has 14 heavy (non-hydrogen) atoms. The molecule has 0 radical (unpaired) electrons. The lowest BCUT2D eigenvalue weighted by atomic mass is 10.4. The van der Waals surface area contributed by atoms with Crippen LogP contribution in [0.5, 0.6) is 0 Å². The van der Waals surface area contributed by atoms with Gasteiger partial charge >= 0.3 is 0 Å². The van der Waals surface area contributed by atoms with Gasteiger partial charge in [0, 0.05) is 21.6 Å². The second-order valence-electron chi connectivity index (χ2n) is 2.71. The van der Waals surface area contributed by atoms with Crippen molar-refractivity contribution in [3.05, 3.63) is 49.5 Å². The fourth-order valence-electron chi connectivity index (χ4n) is 1.08. The lowest BCUT2D eigenvalue weighted by Crippen LogP contribution is -2.21. The Bertz CT molecular complexity index is 491. The molecule has 2 heterocycles. The maximum Gasteiger partial charge on any atom is 0.267 e. The van der Waals surface area contributed by atoms with Gasteiger partial charge < -0.3 is 0 Å². The maximum atomic E-state index is 11.3. The summed E-state index contributed by atoms with van der Waals surface area (Å²) < 4.78 is 2.47. The van der Waals surface area contributed by atoms with Gasteiger partial charge in [-0.05, 0) is 33.4 Å². The third kappa shape index (κ3) is 1.93. The van der Waals surface area contributed by atoms with Crippen LogP contribution in [0, 0.1) is 0 Å². The molecule has 2 rings (SSSR count). The summed E-state index contributed by atoms with van der Waals surface area (Å²) in [7, 11) is 0. The van der Waals surface area contributed by atoms with E-state index < -0.39 is 0 Å². The van der Waals surface area contributed by atoms with Crippen molar-refractivity contribution in [2.24, 2.45) is 0 Å². The van der Waals surface area contributed by atoms with Gasteiger partial charge in [0.1, 0.15) is 0 Å². The molecule has 0 saturated heterocycles. The Kier molecular flexibility index (Phi) is 2.79. The Labute approximate surface area is 93.1 Å². The second kappa shape index (κ2) is 4.06. The molecule has 0 fully saturated rings. The molecule has 5 heteroatoms. The molecule has 0 atom stereocenters. The fourth-order valence-corrected chi connectivity index (χ4v) is 2.54. The first-order chi connectivity index (χ1) is 6.77. The standard InChI is InChI=1S/C9H7BrN2OS/c10-7-3-5-14-8(7)6-12-9(13)2-1-4-11-12/h1-5H,6H2. The molecule has 2 aromatic rings. The van der Waals surface area contributed by atoms with Gasteiger partial charge in [-0.2, -0.15) is 5.10 Å². The average molecular weight is 271 g/mol. The quantitative estimate of drug-likeness (QED) is 0.838. The number of nitrogens with zero attached hydrogens (tertiary/aromatic N) is 2. The molecule has 0 aliphatic rings. The van der Waals surface area contributed by atoms with Gasteiger partial charge in [-0.3, -0.25) is 4.79 Å². The van der Waals surface area contributed by atoms with Crippen molar-refractivity contribution in [2.75, 3.05) is 0 Å². The highest BCUT2D eigenvalue weighted by molar-refractivity contribution is 9.10. The van der Waals surface area contributed by atoms with Crippen molar-refractivity contribution >= 4 is 27.3 Å². The molecule has 0 aromatic carbocycles. The predicted octanol–water partition coefficient (Wildman–Crippen LogP) is 2.12. The van der Waals surface area contributed by atoms with E-state index in [1.807, 2.05) is 11.4 Å². The van der Waals surface area contributed by atoms with Crippen LogP contribution < -0.4 is 5.56 Å². The van der Waals surface area contributed by atoms with Crippen LogP contribution in [0.15, 0.2) is 39.0 Å². The van der Waals surface area contributed by atoms with Crippen LogP contribution in [0.1, 0.15) is 4.88 Å². The Balaban J connectivity index is 2.32. The van der Waals surface area contributed by atoms with Gasteiger partial charge in [-0.15, -0.1) is 11.3 Å². The Morgan fingerprint density at radius 3 is 3.00 bits per heavy atom. The molecule has 0 saturated carbocycles. The van der Waals surface area contributed by atoms with E-state index >= 15 is 0 Å². The Morgan fingerprint density at radius 2 is 2.36 bits per heavy atom. The van der Waals surface area contributed by atoms with E-state index in [2.05, 4.69) is 21.0 Å². The lowest BCUT2D eigenvalue weighted by Gasteiger charge is -2.01. The highest BCUT2D eigenvalue weighted by atomic mass is 79.9. The molecule has 0 aliphatic carbocycles. The van der Waals surface area contributed by atoms with Gasteiger partial charge in [-0.1, -0.05) is 0 Å². The minimum atomic E-state index is -0.0761. The number of thiophene rings is 1. The largest absolute Gasteiger partial charge is 0.268 e. The summed E-state index contributed by atoms with van der Waals surface area (Å²) >= 11 is 5.02. The number of hydrogen-bond acceptors (Lipinski definition) is 3. The molecule has 72 valence electrons. The molecule has 0 spiro atoms. The topological polar surface area (TPSA) is 34.9 Å². The van der Waals surface area contributed by atoms with Crippen molar-refractivity contribution < 1.29 is 0 Å². The predicted molar refractivity (Wildman–Crippen MR) is 59.6 cm³/mol. The summed E-state index contributed by atoms with van der Waals surface area (Å²) in [4.78, 5) is 12.4. The van der Waals surface area contributed by atoms with Crippen LogP contribution in [-0.2, 0) is 6.54 Å². The maximum absolute atomic E-state index is 11.3. The summed E-state index contributed by atoms with van der Waals surface area (Å²) in [5.74, 6) is 0. The van der Waals surface area contributed by atoms with E-state index in [1.54, 1.807) is 23.6 Å². The molecular formula is C9H7BrN2OS. The zero-order chi connectivity index (χ0) is 9.97. The molecule has 0 unspecified atom stereocenters. The van der Waals surface area contributed by atoms with Crippen LogP contribution >= 0.6 is 27.3 Å². The van der Waals surface area contributed by atoms with E-state index in [9.17, 15) is 4.79 Å². The van der Waals surface area contributed by atoms with Crippen molar-refractivity contribution in [1.29, 1.82) is 0 Å². The van der Waals surface area contributed by atoms with Crippen LogP contribution in [0.2, 0.25) is 0 Å². The number of aromatic nitrogens is 2. The van der Waals surface area contributed by atoms with Crippen molar-refractivity contribution in [2.45, 2.75) is 6.54 Å². The zero-order valence-corrected chi connectivity index (χ0v) is 9.59. The summed E-state index contributed by atoms with van der Waals surface area (Å²) in [5.41, 5.74) is -0.0761. The lowest BCUT2D eigenvalue weighted by molar-refractivity contribution is 0.644. The van der Waals surface area contributed by atoms with E-state index in [1.165, 1.54) is 10.7 Å². The van der Waals surface area contributed by atoms with Crippen molar-refractivity contribution in [3.8, 4) is 0 Å². The highest BCUT2D eigenvalue weighted by Gasteiger charge is 2.03. The smallest absolute Gasteiger partial charge is 0.267 e. The third-order valence-electron chi connectivity index (χ3n) is 1.77. The molecule has 2 aromatic heterocycles. The van der Waals surface area contributed by atoms with E-state index in [0.29, 0.717) is 6.54 Å². The number of hydrogen-bond donors (Lipinski definition) is 0. The molecular weight excluding hydrogens is 264 g/mol. The minimum Gasteiger partial charge on any atom is -0.268 e. The van der Waals surface area contributed by atoms with Gasteiger partial charge in [0.25, 0.3) is 5.56 Å². The van der Waals surface area contributed by atoms with Gasteiger partial charge in [0.05, 0.1) is 6.54 Å². The van der Waals surface area contributed by atoms with Crippen molar-refractivity contribution in [1.82, 2.24) is 9.78 Å². The Hall–Kier alpha value is -0.940. The van der Waals surface area contributed by atoms with Gasteiger partial charge in [-0.25, -0.2) is 4.68 Å². The summed E-state index contributed by atoms with van der Waals surface area (Å²) in [6.07, 6.45) is 1.61. The second-order valence-corrected chi connectivity index (χ2v) is 4.57. The number of halogens is 1. The summed E-state index contributed by atoms with van der Waals surface area (Å²) in [6.45, 7) is 0.526. The van der Waals surface area contributed by atoms with Crippen LogP contribution in [-0.4, -0.2) is 9.78 Å². The zero-order valence-electron chi connectivity index (χ0n) is 7.18. The van der Waals surface area contributed by atoms with E-state index in [0.717, 1.165) is 9.35 Å². The van der Waals surface area contributed by atoms with Crippen LogP contribution in [0.25, 0.3) is 0 Å². The molecule has 0 amide bonds. The molecule has 0 bridgehead atoms. The summed E-state index contributed by atoms with van der Waals surface area (Å²) in [6, 6.07) is 5.12. The van der Waals surface area contributed by atoms with E-state index in [-0.39, 0.29) is 5.56 Å². The van der Waals surface area contributed by atoms with Crippen LogP contribution in [0.3, 0.4) is 0 Å². The van der Waals surface area contributed by atoms with E-state index in [4.69, 9.17) is 0 Å². The van der Waals surface area contributed by atoms with Gasteiger partial charge in [0.2, 0.25) is 0 Å². The monoisotopic (exact) mass is 270 g/mol. The first kappa shape index (κ1) is 9.61. The van der Waals surface area contributed by atoms with Gasteiger partial charge in [0.15, 0.2) is 0 Å². The average Bonchev–Trinajstić information content (AvgIpc) is 2.56. The highest BCUT2D eigenvalue weighted by Crippen LogP contribution is 2.22. The molecule has 0 aliphatic heterocycles. The molecule has 0 N–H and O–H groups in total. The minimum absolute atomic E-state index is 0.0761. The SMILES string of the molecule is O=c1cccnn1Cc1sccc1Br.